The predicted octanol–water partition coefficient (Wildman–Crippen LogP) is 2.81. The molecule has 0 bridgehead atoms. The van der Waals surface area contributed by atoms with E-state index in [0.717, 1.165) is 24.9 Å². The van der Waals surface area contributed by atoms with Crippen molar-refractivity contribution in [2.45, 2.75) is 64.6 Å². The van der Waals surface area contributed by atoms with E-state index in [4.69, 9.17) is 5.73 Å². The number of carbonyl (C=O) groups is 1. The number of nitrogens with two attached hydrogens (primary N) is 1. The van der Waals surface area contributed by atoms with Crippen molar-refractivity contribution in [2.75, 3.05) is 13.1 Å². The molecule has 128 valence electrons. The van der Waals surface area contributed by atoms with Crippen molar-refractivity contribution >= 4 is 5.91 Å². The summed E-state index contributed by atoms with van der Waals surface area (Å²) < 4.78 is 0. The van der Waals surface area contributed by atoms with Gasteiger partial charge in [-0.25, -0.2) is 0 Å². The molecule has 1 aromatic rings. The number of amides is 1. The maximum absolute atomic E-state index is 11.8. The standard InChI is InChI=1S/C19H31N3O/c1-2-7-18(20)19(23)21-14-16-8-10-17(11-9-16)15-22-12-5-3-4-6-13-22/h8-11,18H,2-7,12-15,20H2,1H3,(H,21,23). The van der Waals surface area contributed by atoms with Crippen LogP contribution in [0.5, 0.6) is 0 Å². The third-order valence-corrected chi connectivity index (χ3v) is 4.53. The molecule has 0 aliphatic carbocycles. The minimum Gasteiger partial charge on any atom is -0.351 e. The summed E-state index contributed by atoms with van der Waals surface area (Å²) in [6.45, 7) is 6.06. The van der Waals surface area contributed by atoms with Crippen LogP contribution >= 0.6 is 0 Å². The van der Waals surface area contributed by atoms with Crippen molar-refractivity contribution < 1.29 is 4.79 Å². The zero-order valence-electron chi connectivity index (χ0n) is 14.4. The Labute approximate surface area is 140 Å². The van der Waals surface area contributed by atoms with E-state index < -0.39 is 0 Å². The van der Waals surface area contributed by atoms with Crippen LogP contribution in [0.15, 0.2) is 24.3 Å². The van der Waals surface area contributed by atoms with Gasteiger partial charge in [0.25, 0.3) is 0 Å². The highest BCUT2D eigenvalue weighted by atomic mass is 16.2. The summed E-state index contributed by atoms with van der Waals surface area (Å²) in [5, 5.41) is 2.92. The topological polar surface area (TPSA) is 58.4 Å². The highest BCUT2D eigenvalue weighted by Gasteiger charge is 2.12. The van der Waals surface area contributed by atoms with Crippen LogP contribution in [0.4, 0.5) is 0 Å². The third-order valence-electron chi connectivity index (χ3n) is 4.53. The molecule has 23 heavy (non-hydrogen) atoms. The Morgan fingerprint density at radius 1 is 1.13 bits per heavy atom. The van der Waals surface area contributed by atoms with Gasteiger partial charge in [-0.2, -0.15) is 0 Å². The smallest absolute Gasteiger partial charge is 0.237 e. The molecule has 0 saturated carbocycles. The third kappa shape index (κ3) is 6.32. The van der Waals surface area contributed by atoms with Crippen LogP contribution in [-0.4, -0.2) is 29.9 Å². The van der Waals surface area contributed by atoms with Crippen molar-refractivity contribution in [3.8, 4) is 0 Å². The van der Waals surface area contributed by atoms with E-state index in [1.165, 1.54) is 44.3 Å². The molecule has 1 atom stereocenters. The van der Waals surface area contributed by atoms with E-state index in [2.05, 4.69) is 34.5 Å². The molecule has 1 aromatic carbocycles. The molecule has 1 amide bonds. The van der Waals surface area contributed by atoms with Crippen LogP contribution in [0.1, 0.15) is 56.6 Å². The van der Waals surface area contributed by atoms with E-state index in [0.29, 0.717) is 6.54 Å². The molecule has 1 fully saturated rings. The Hall–Kier alpha value is -1.39. The second-order valence-corrected chi connectivity index (χ2v) is 6.62. The lowest BCUT2D eigenvalue weighted by atomic mass is 10.1. The average Bonchev–Trinajstić information content (AvgIpc) is 2.83. The molecule has 1 aliphatic rings. The Bertz CT molecular complexity index is 464. The van der Waals surface area contributed by atoms with Crippen molar-refractivity contribution in [3.05, 3.63) is 35.4 Å². The van der Waals surface area contributed by atoms with E-state index >= 15 is 0 Å². The van der Waals surface area contributed by atoms with Crippen LogP contribution in [0.2, 0.25) is 0 Å². The van der Waals surface area contributed by atoms with Gasteiger partial charge in [-0.1, -0.05) is 50.5 Å². The summed E-state index contributed by atoms with van der Waals surface area (Å²) in [6.07, 6.45) is 7.05. The predicted molar refractivity (Wildman–Crippen MR) is 94.9 cm³/mol. The van der Waals surface area contributed by atoms with E-state index in [9.17, 15) is 4.79 Å². The van der Waals surface area contributed by atoms with Crippen molar-refractivity contribution in [1.29, 1.82) is 0 Å². The highest BCUT2D eigenvalue weighted by molar-refractivity contribution is 5.81. The largest absolute Gasteiger partial charge is 0.351 e. The molecule has 0 spiro atoms. The fourth-order valence-corrected chi connectivity index (χ4v) is 3.08. The van der Waals surface area contributed by atoms with Crippen LogP contribution in [0, 0.1) is 0 Å². The molecule has 1 unspecified atom stereocenters. The summed E-state index contributed by atoms with van der Waals surface area (Å²) in [6, 6.07) is 8.19. The summed E-state index contributed by atoms with van der Waals surface area (Å²) >= 11 is 0. The van der Waals surface area contributed by atoms with Gasteiger partial charge in [0.15, 0.2) is 0 Å². The van der Waals surface area contributed by atoms with Crippen LogP contribution < -0.4 is 11.1 Å². The van der Waals surface area contributed by atoms with Crippen molar-refractivity contribution in [3.63, 3.8) is 0 Å². The van der Waals surface area contributed by atoms with Gasteiger partial charge in [0.2, 0.25) is 5.91 Å². The molecule has 4 nitrogen and oxygen atoms in total. The number of nitrogens with zero attached hydrogens (tertiary/aromatic N) is 1. The second kappa shape index (κ2) is 9.68. The minimum absolute atomic E-state index is 0.0551. The lowest BCUT2D eigenvalue weighted by Crippen LogP contribution is -2.40. The fourth-order valence-electron chi connectivity index (χ4n) is 3.08. The summed E-state index contributed by atoms with van der Waals surface area (Å²) in [5.74, 6) is -0.0551. The van der Waals surface area contributed by atoms with Crippen molar-refractivity contribution in [2.24, 2.45) is 5.73 Å². The summed E-state index contributed by atoms with van der Waals surface area (Å²) in [4.78, 5) is 14.4. The minimum atomic E-state index is -0.387. The highest BCUT2D eigenvalue weighted by Crippen LogP contribution is 2.14. The first-order chi connectivity index (χ1) is 11.2. The first kappa shape index (κ1) is 18.0. The second-order valence-electron chi connectivity index (χ2n) is 6.62. The zero-order valence-corrected chi connectivity index (χ0v) is 14.4. The van der Waals surface area contributed by atoms with Gasteiger partial charge in [0, 0.05) is 13.1 Å². The quantitative estimate of drug-likeness (QED) is 0.813. The monoisotopic (exact) mass is 317 g/mol. The number of hydrogen-bond acceptors (Lipinski definition) is 3. The SMILES string of the molecule is CCCC(N)C(=O)NCc1ccc(CN2CCCCCC2)cc1. The van der Waals surface area contributed by atoms with E-state index in [1.54, 1.807) is 0 Å². The van der Waals surface area contributed by atoms with Gasteiger partial charge >= 0.3 is 0 Å². The molecule has 0 aromatic heterocycles. The van der Waals surface area contributed by atoms with Crippen LogP contribution in [0.25, 0.3) is 0 Å². The molecular weight excluding hydrogens is 286 g/mol. The average molecular weight is 317 g/mol. The van der Waals surface area contributed by atoms with E-state index in [-0.39, 0.29) is 11.9 Å². The lowest BCUT2D eigenvalue weighted by Gasteiger charge is -2.19. The van der Waals surface area contributed by atoms with Crippen LogP contribution in [0.3, 0.4) is 0 Å². The number of carbonyl (C=O) groups excluding carboxylic acids is 1. The number of nitrogens with one attached hydrogen (secondary N) is 1. The molecule has 1 heterocycles. The Morgan fingerprint density at radius 3 is 2.35 bits per heavy atom. The normalized spacial score (nSPS) is 17.5. The Morgan fingerprint density at radius 2 is 1.74 bits per heavy atom. The molecule has 1 aliphatic heterocycles. The molecule has 2 rings (SSSR count). The molecule has 0 radical (unpaired) electrons. The van der Waals surface area contributed by atoms with Gasteiger partial charge < -0.3 is 11.1 Å². The van der Waals surface area contributed by atoms with Gasteiger partial charge in [-0.3, -0.25) is 9.69 Å². The van der Waals surface area contributed by atoms with E-state index in [1.807, 2.05) is 6.92 Å². The van der Waals surface area contributed by atoms with Gasteiger partial charge in [0.1, 0.15) is 0 Å². The molecule has 4 heteroatoms. The zero-order chi connectivity index (χ0) is 16.5. The molecule has 1 saturated heterocycles. The number of benzene rings is 1. The lowest BCUT2D eigenvalue weighted by molar-refractivity contribution is -0.122. The van der Waals surface area contributed by atoms with Gasteiger partial charge in [0.05, 0.1) is 6.04 Å². The summed E-state index contributed by atoms with van der Waals surface area (Å²) in [5.41, 5.74) is 8.29. The first-order valence-electron chi connectivity index (χ1n) is 9.02. The molecular formula is C19H31N3O. The first-order valence-corrected chi connectivity index (χ1v) is 9.02. The fraction of sp³-hybridized carbons (Fsp3) is 0.632. The van der Waals surface area contributed by atoms with Gasteiger partial charge in [-0.05, 0) is 43.5 Å². The Balaban J connectivity index is 1.78. The molecule has 3 N–H and O–H groups in total. The van der Waals surface area contributed by atoms with Gasteiger partial charge in [-0.15, -0.1) is 0 Å². The number of hydrogen-bond donors (Lipinski definition) is 2. The Kier molecular flexibility index (Phi) is 7.56. The number of rotatable bonds is 7. The number of likely N-dealkylation sites (tertiary alicyclic amines) is 1. The maximum atomic E-state index is 11.8. The van der Waals surface area contributed by atoms with Crippen molar-refractivity contribution in [1.82, 2.24) is 10.2 Å². The maximum Gasteiger partial charge on any atom is 0.237 e. The van der Waals surface area contributed by atoms with Crippen LogP contribution in [-0.2, 0) is 17.9 Å². The summed E-state index contributed by atoms with van der Waals surface area (Å²) in [7, 11) is 0.